The maximum absolute atomic E-state index is 12.6. The largest absolute Gasteiger partial charge is 0.466 e. The first-order valence-corrected chi connectivity index (χ1v) is 26.0. The zero-order valence-corrected chi connectivity index (χ0v) is 48.6. The Morgan fingerprint density at radius 3 is 1.35 bits per heavy atom. The SMILES string of the molecule is C=C(C)C(=O)OCCN=C=O.C=C(C)C(=O)OCCNC(=O)C(C(=O)Nc1ccc2c(c1)NC(=O)C2)C(=O)OCC.C=C(C)C(=O)OCCNC(=O)C(C(=O)OCC)C(=O)OCC.CCOC(=O)CC(=O)OCC.Nc1ccc2c(c1)NC(=O)C2. The zero-order chi connectivity index (χ0) is 64.6. The molecule has 7 N–H and O–H groups in total. The van der Waals surface area contributed by atoms with Gasteiger partial charge in [-0.25, -0.2) is 24.2 Å². The number of rotatable bonds is 26. The molecule has 0 aliphatic carbocycles. The highest BCUT2D eigenvalue weighted by molar-refractivity contribution is 6.19. The lowest BCUT2D eigenvalue weighted by Gasteiger charge is -2.16. The van der Waals surface area contributed by atoms with E-state index in [4.69, 9.17) is 19.9 Å². The summed E-state index contributed by atoms with van der Waals surface area (Å²) in [5.74, 6) is -12.0. The standard InChI is InChI=1S/C20H23N3O7.C14H21NO7.C8H8N2O.C7H9NO3.C7H12O4/c1-4-29-20(28)16(17(25)21-7-8-30-19(27)11(2)3)18(26)22-13-6-5-12-9-15(24)23-14(12)10-13;1-5-20-13(18)10(14(19)21-6-2)11(16)15-7-8-22-12(17)9(3)4;9-6-2-1-5-3-8(11)10-7(5)4-6;1-6(2)7(10)11-4-3-8-5-9;1-3-10-6(8)5-7(9)11-4-2/h5-6,10,16H,2,4,7-9H2,1,3H3,(H,21,25)(H,22,26)(H,23,24);10H,3,5-8H2,1-2,4H3,(H,15,16);1-2,4H,3,9H2,(H,10,11);1,3-4H2,2H3;3-5H2,1-2H3. The fourth-order valence-electron chi connectivity index (χ4n) is 6.04. The van der Waals surface area contributed by atoms with Crippen LogP contribution in [0.5, 0.6) is 0 Å². The van der Waals surface area contributed by atoms with Gasteiger partial charge in [0.2, 0.25) is 47.5 Å². The van der Waals surface area contributed by atoms with Gasteiger partial charge in [0.15, 0.2) is 0 Å². The molecule has 1 atom stereocenters. The summed E-state index contributed by atoms with van der Waals surface area (Å²) in [4.78, 5) is 162. The van der Waals surface area contributed by atoms with Gasteiger partial charge in [-0.1, -0.05) is 31.9 Å². The summed E-state index contributed by atoms with van der Waals surface area (Å²) in [6.45, 7) is 23.2. The molecule has 1 unspecified atom stereocenters. The van der Waals surface area contributed by atoms with E-state index in [2.05, 4.69) is 75.0 Å². The molecule has 2 aromatic rings. The first-order valence-electron chi connectivity index (χ1n) is 26.0. The fraction of sp³-hybridized carbons (Fsp3) is 0.429. The number of ether oxygens (including phenoxy) is 8. The van der Waals surface area contributed by atoms with Gasteiger partial charge in [0.05, 0.1) is 65.5 Å². The lowest BCUT2D eigenvalue weighted by Crippen LogP contribution is -2.44. The third-order valence-corrected chi connectivity index (χ3v) is 9.83. The predicted octanol–water partition coefficient (Wildman–Crippen LogP) is 2.21. The summed E-state index contributed by atoms with van der Waals surface area (Å²) >= 11 is 0. The molecule has 2 aliphatic rings. The van der Waals surface area contributed by atoms with Crippen molar-refractivity contribution < 1.29 is 105 Å². The van der Waals surface area contributed by atoms with E-state index in [0.29, 0.717) is 29.1 Å². The quantitative estimate of drug-likeness (QED) is 0.0115. The summed E-state index contributed by atoms with van der Waals surface area (Å²) < 4.78 is 37.4. The number of esters is 8. The van der Waals surface area contributed by atoms with Crippen LogP contribution in [0.15, 0.2) is 77.8 Å². The summed E-state index contributed by atoms with van der Waals surface area (Å²) in [6.07, 6.45) is 1.77. The number of nitrogens with one attached hydrogen (secondary N) is 5. The Hall–Kier alpha value is -10.1. The second-order valence-electron chi connectivity index (χ2n) is 16.9. The first-order chi connectivity index (χ1) is 40.2. The van der Waals surface area contributed by atoms with Gasteiger partial charge in [-0.15, -0.1) is 0 Å². The molecule has 0 spiro atoms. The number of carbonyl (C=O) groups excluding carboxylic acids is 14. The van der Waals surface area contributed by atoms with Gasteiger partial charge < -0.3 is 70.2 Å². The van der Waals surface area contributed by atoms with Crippen LogP contribution in [0.3, 0.4) is 0 Å². The van der Waals surface area contributed by atoms with E-state index in [-0.39, 0.29) is 108 Å². The van der Waals surface area contributed by atoms with Crippen LogP contribution in [-0.2, 0) is 118 Å². The summed E-state index contributed by atoms with van der Waals surface area (Å²) in [7, 11) is 0. The Bertz CT molecular complexity index is 2770. The second-order valence-corrected chi connectivity index (χ2v) is 16.9. The number of hydrogen-bond donors (Lipinski definition) is 6. The molecule has 2 aliphatic heterocycles. The van der Waals surface area contributed by atoms with E-state index in [9.17, 15) is 67.1 Å². The molecule has 0 saturated carbocycles. The maximum atomic E-state index is 12.6. The number of isocyanates is 1. The number of nitrogen functional groups attached to an aromatic ring is 1. The predicted molar refractivity (Wildman–Crippen MR) is 302 cm³/mol. The minimum absolute atomic E-state index is 0.0169. The Balaban J connectivity index is 0.00000112. The molecule has 2 aromatic carbocycles. The van der Waals surface area contributed by atoms with Crippen LogP contribution in [0.4, 0.5) is 22.7 Å². The number of nitrogens with zero attached hydrogens (tertiary/aromatic N) is 1. The average molecular weight is 1200 g/mol. The van der Waals surface area contributed by atoms with Gasteiger partial charge in [-0.3, -0.25) is 47.9 Å². The molecular formula is C56H73N7O22. The summed E-state index contributed by atoms with van der Waals surface area (Å²) in [5.41, 5.74) is 10.5. The number of fused-ring (bicyclic) bond motifs is 2. The van der Waals surface area contributed by atoms with Crippen molar-refractivity contribution >= 4 is 106 Å². The van der Waals surface area contributed by atoms with Gasteiger partial charge in [0.1, 0.15) is 26.2 Å². The van der Waals surface area contributed by atoms with Gasteiger partial charge in [-0.2, -0.15) is 0 Å². The highest BCUT2D eigenvalue weighted by Gasteiger charge is 2.37. The molecule has 0 bridgehead atoms. The number of hydrogen-bond acceptors (Lipinski definition) is 24. The van der Waals surface area contributed by atoms with Crippen LogP contribution < -0.4 is 32.3 Å². The summed E-state index contributed by atoms with van der Waals surface area (Å²) in [6, 6.07) is 10.2. The van der Waals surface area contributed by atoms with Gasteiger partial charge in [-0.05, 0) is 90.8 Å². The molecule has 4 rings (SSSR count). The number of nitrogens with two attached hydrogens (primary N) is 1. The van der Waals surface area contributed by atoms with Crippen molar-refractivity contribution in [2.45, 2.75) is 74.7 Å². The third-order valence-electron chi connectivity index (χ3n) is 9.83. The van der Waals surface area contributed by atoms with Crippen molar-refractivity contribution in [1.29, 1.82) is 0 Å². The molecular weight excluding hydrogens is 1120 g/mol. The number of amides is 5. The molecule has 464 valence electrons. The number of carbonyl (C=O) groups is 13. The minimum Gasteiger partial charge on any atom is -0.466 e. The van der Waals surface area contributed by atoms with Crippen LogP contribution in [0.25, 0.3) is 0 Å². The van der Waals surface area contributed by atoms with Crippen LogP contribution in [0.2, 0.25) is 0 Å². The topological polar surface area (TPSA) is 411 Å². The zero-order valence-electron chi connectivity index (χ0n) is 48.6. The van der Waals surface area contributed by atoms with E-state index in [1.165, 1.54) is 26.0 Å². The lowest BCUT2D eigenvalue weighted by atomic mass is 10.1. The number of aliphatic imine (C=N–C) groups is 1. The average Bonchev–Trinajstić information content (AvgIpc) is 3.23. The lowest BCUT2D eigenvalue weighted by molar-refractivity contribution is -0.165. The Morgan fingerprint density at radius 2 is 0.941 bits per heavy atom. The molecule has 0 aromatic heterocycles. The van der Waals surface area contributed by atoms with E-state index in [1.807, 2.05) is 6.07 Å². The van der Waals surface area contributed by atoms with Crippen molar-refractivity contribution in [3.63, 3.8) is 0 Å². The Labute approximate surface area is 490 Å². The molecule has 0 fully saturated rings. The van der Waals surface area contributed by atoms with E-state index >= 15 is 0 Å². The van der Waals surface area contributed by atoms with E-state index in [1.54, 1.807) is 65.8 Å². The van der Waals surface area contributed by atoms with Gasteiger partial charge >= 0.3 is 47.8 Å². The molecule has 0 saturated heterocycles. The Morgan fingerprint density at radius 1 is 0.553 bits per heavy atom. The smallest absolute Gasteiger partial charge is 0.333 e. The van der Waals surface area contributed by atoms with Crippen molar-refractivity contribution in [3.8, 4) is 0 Å². The highest BCUT2D eigenvalue weighted by atomic mass is 16.6. The summed E-state index contributed by atoms with van der Waals surface area (Å²) in [5, 5.41) is 12.5. The third kappa shape index (κ3) is 31.1. The second kappa shape index (κ2) is 41.9. The molecule has 29 heteroatoms. The molecule has 29 nitrogen and oxygen atoms in total. The van der Waals surface area contributed by atoms with Crippen LogP contribution in [0.1, 0.15) is 72.9 Å². The molecule has 2 heterocycles. The number of benzene rings is 2. The Kier molecular flexibility index (Phi) is 36.9. The minimum atomic E-state index is -1.76. The van der Waals surface area contributed by atoms with Gasteiger partial charge in [0.25, 0.3) is 0 Å². The van der Waals surface area contributed by atoms with Crippen molar-refractivity contribution in [1.82, 2.24) is 10.6 Å². The van der Waals surface area contributed by atoms with E-state index < -0.39 is 77.3 Å². The van der Waals surface area contributed by atoms with Crippen LogP contribution >= 0.6 is 0 Å². The first kappa shape index (κ1) is 74.9. The molecule has 85 heavy (non-hydrogen) atoms. The normalized spacial score (nSPS) is 11.1. The van der Waals surface area contributed by atoms with Crippen molar-refractivity contribution in [2.75, 3.05) is 94.2 Å². The highest BCUT2D eigenvalue weighted by Crippen LogP contribution is 2.27. The monoisotopic (exact) mass is 1200 g/mol. The van der Waals surface area contributed by atoms with Crippen LogP contribution in [-0.4, -0.2) is 156 Å². The number of anilines is 4. The molecule has 0 radical (unpaired) electrons. The van der Waals surface area contributed by atoms with Crippen LogP contribution in [0, 0.1) is 11.8 Å². The fourth-order valence-corrected chi connectivity index (χ4v) is 6.04. The van der Waals surface area contributed by atoms with Crippen molar-refractivity contribution in [3.05, 3.63) is 84.0 Å². The molecule has 5 amide bonds. The maximum Gasteiger partial charge on any atom is 0.333 e. The van der Waals surface area contributed by atoms with E-state index in [0.717, 1.165) is 16.8 Å². The van der Waals surface area contributed by atoms with Gasteiger partial charge in [0, 0.05) is 39.5 Å². The van der Waals surface area contributed by atoms with Crippen molar-refractivity contribution in [2.24, 2.45) is 16.8 Å².